The zero-order valence-electron chi connectivity index (χ0n) is 8.06. The summed E-state index contributed by atoms with van der Waals surface area (Å²) in [5, 5.41) is 6.82. The van der Waals surface area contributed by atoms with E-state index >= 15 is 0 Å². The van der Waals surface area contributed by atoms with Crippen LogP contribution < -0.4 is 4.90 Å². The molecule has 1 fully saturated rings. The van der Waals surface area contributed by atoms with E-state index in [2.05, 4.69) is 10.4 Å². The minimum atomic E-state index is 0.665. The Morgan fingerprint density at radius 1 is 1.33 bits per heavy atom. The van der Waals surface area contributed by atoms with Crippen molar-refractivity contribution in [1.82, 2.24) is 0 Å². The van der Waals surface area contributed by atoms with Gasteiger partial charge in [-0.25, -0.2) is 0 Å². The molecule has 1 aliphatic rings. The molecule has 0 bridgehead atoms. The summed E-state index contributed by atoms with van der Waals surface area (Å²) in [5.41, 5.74) is 0.888. The van der Waals surface area contributed by atoms with Crippen LogP contribution in [0.4, 0.5) is 5.69 Å². The lowest BCUT2D eigenvalue weighted by Gasteiger charge is -2.18. The Hall–Kier alpha value is -1.42. The Morgan fingerprint density at radius 3 is 2.87 bits per heavy atom. The van der Waals surface area contributed by atoms with Gasteiger partial charge >= 0.3 is 0 Å². The number of anilines is 1. The first-order valence-electron chi connectivity index (χ1n) is 4.74. The van der Waals surface area contributed by atoms with Gasteiger partial charge in [0.25, 0.3) is 0 Å². The van der Waals surface area contributed by atoms with Crippen LogP contribution in [0, 0.1) is 4.91 Å². The lowest BCUT2D eigenvalue weighted by Crippen LogP contribution is -2.24. The van der Waals surface area contributed by atoms with Crippen LogP contribution in [0.25, 0.3) is 0 Å². The minimum Gasteiger partial charge on any atom is -0.327 e. The minimum absolute atomic E-state index is 0.665. The van der Waals surface area contributed by atoms with Gasteiger partial charge in [-0.2, -0.15) is 0 Å². The standard InChI is InChI=1S/C10H10ClN3O/c11-8-4-1-2-5-9(8)14-7-3-6-10(14)12-13-15/h1-2,4-5H,3,6-7H2/b12-10+. The zero-order chi connectivity index (χ0) is 10.7. The predicted octanol–water partition coefficient (Wildman–Crippen LogP) is 3.02. The highest BCUT2D eigenvalue weighted by Gasteiger charge is 2.22. The zero-order valence-corrected chi connectivity index (χ0v) is 8.81. The van der Waals surface area contributed by atoms with E-state index in [9.17, 15) is 4.91 Å². The fraction of sp³-hybridized carbons (Fsp3) is 0.300. The average molecular weight is 224 g/mol. The topological polar surface area (TPSA) is 45.0 Å². The second-order valence-corrected chi connectivity index (χ2v) is 3.71. The smallest absolute Gasteiger partial charge is 0.135 e. The molecule has 2 rings (SSSR count). The molecule has 0 spiro atoms. The van der Waals surface area contributed by atoms with E-state index in [-0.39, 0.29) is 0 Å². The second kappa shape index (κ2) is 4.40. The summed E-state index contributed by atoms with van der Waals surface area (Å²) in [6, 6.07) is 7.51. The van der Waals surface area contributed by atoms with Gasteiger partial charge in [-0.1, -0.05) is 28.8 Å². The van der Waals surface area contributed by atoms with E-state index in [1.54, 1.807) is 0 Å². The van der Waals surface area contributed by atoms with Gasteiger partial charge in [0.05, 0.1) is 16.0 Å². The van der Waals surface area contributed by atoms with E-state index in [1.807, 2.05) is 29.2 Å². The Kier molecular flexibility index (Phi) is 2.97. The maximum atomic E-state index is 10.1. The van der Waals surface area contributed by atoms with Crippen molar-refractivity contribution in [3.05, 3.63) is 34.2 Å². The first-order valence-corrected chi connectivity index (χ1v) is 5.12. The monoisotopic (exact) mass is 223 g/mol. The third-order valence-electron chi connectivity index (χ3n) is 2.39. The van der Waals surface area contributed by atoms with Gasteiger partial charge in [-0.15, -0.1) is 4.91 Å². The lowest BCUT2D eigenvalue weighted by molar-refractivity contribution is 0.956. The normalized spacial score (nSPS) is 18.5. The van der Waals surface area contributed by atoms with Gasteiger partial charge in [0.1, 0.15) is 5.84 Å². The van der Waals surface area contributed by atoms with Gasteiger partial charge in [0.15, 0.2) is 0 Å². The number of hydrogen-bond donors (Lipinski definition) is 0. The molecule has 0 aliphatic carbocycles. The number of nitroso groups, excluding NO2 is 1. The third kappa shape index (κ3) is 1.99. The summed E-state index contributed by atoms with van der Waals surface area (Å²) in [7, 11) is 0. The van der Waals surface area contributed by atoms with Gasteiger partial charge in [-0.05, 0) is 18.6 Å². The molecule has 4 nitrogen and oxygen atoms in total. The molecule has 78 valence electrons. The molecular formula is C10H10ClN3O. The number of halogens is 1. The fourth-order valence-corrected chi connectivity index (χ4v) is 1.98. The van der Waals surface area contributed by atoms with Crippen molar-refractivity contribution < 1.29 is 0 Å². The molecule has 0 atom stereocenters. The molecule has 0 unspecified atom stereocenters. The Labute approximate surface area is 92.5 Å². The molecule has 5 heteroatoms. The van der Waals surface area contributed by atoms with Crippen molar-refractivity contribution in [3.8, 4) is 0 Å². The van der Waals surface area contributed by atoms with Crippen molar-refractivity contribution in [2.24, 2.45) is 10.4 Å². The Morgan fingerprint density at radius 2 is 2.13 bits per heavy atom. The van der Waals surface area contributed by atoms with Gasteiger partial charge < -0.3 is 4.90 Å². The molecule has 1 saturated heterocycles. The van der Waals surface area contributed by atoms with Gasteiger partial charge in [0, 0.05) is 13.0 Å². The maximum absolute atomic E-state index is 10.1. The third-order valence-corrected chi connectivity index (χ3v) is 2.71. The van der Waals surface area contributed by atoms with E-state index in [1.165, 1.54) is 0 Å². The van der Waals surface area contributed by atoms with Gasteiger partial charge in [0.2, 0.25) is 0 Å². The molecule has 0 aromatic heterocycles. The molecular weight excluding hydrogens is 214 g/mol. The summed E-state index contributed by atoms with van der Waals surface area (Å²) in [6.07, 6.45) is 1.75. The molecule has 0 saturated carbocycles. The predicted molar refractivity (Wildman–Crippen MR) is 61.3 cm³/mol. The van der Waals surface area contributed by atoms with Crippen LogP contribution in [-0.4, -0.2) is 12.4 Å². The van der Waals surface area contributed by atoms with Crippen LogP contribution in [0.1, 0.15) is 12.8 Å². The molecule has 0 radical (unpaired) electrons. The van der Waals surface area contributed by atoms with Crippen molar-refractivity contribution in [1.29, 1.82) is 0 Å². The summed E-state index contributed by atoms with van der Waals surface area (Å²) in [4.78, 5) is 12.1. The van der Waals surface area contributed by atoms with Crippen molar-refractivity contribution in [2.45, 2.75) is 12.8 Å². The number of nitrogens with zero attached hydrogens (tertiary/aromatic N) is 3. The summed E-state index contributed by atoms with van der Waals surface area (Å²) in [6.45, 7) is 0.831. The number of hydrogen-bond acceptors (Lipinski definition) is 2. The number of benzene rings is 1. The Balaban J connectivity index is 2.35. The SMILES string of the molecule is O=N/N=C1\CCCN1c1ccccc1Cl. The quantitative estimate of drug-likeness (QED) is 0.572. The van der Waals surface area contributed by atoms with Crippen LogP contribution in [-0.2, 0) is 0 Å². The molecule has 1 aromatic rings. The van der Waals surface area contributed by atoms with E-state index in [4.69, 9.17) is 11.6 Å². The maximum Gasteiger partial charge on any atom is 0.135 e. The van der Waals surface area contributed by atoms with Crippen molar-refractivity contribution in [3.63, 3.8) is 0 Å². The van der Waals surface area contributed by atoms with Crippen LogP contribution in [0.5, 0.6) is 0 Å². The van der Waals surface area contributed by atoms with Crippen LogP contribution in [0.15, 0.2) is 34.7 Å². The average Bonchev–Trinajstić information content (AvgIpc) is 2.67. The van der Waals surface area contributed by atoms with E-state index < -0.39 is 0 Å². The number of amidine groups is 1. The molecule has 15 heavy (non-hydrogen) atoms. The first kappa shape index (κ1) is 10.1. The summed E-state index contributed by atoms with van der Waals surface area (Å²) >= 11 is 6.06. The molecule has 1 aromatic carbocycles. The number of para-hydroxylation sites is 1. The largest absolute Gasteiger partial charge is 0.327 e. The molecule has 1 heterocycles. The first-order chi connectivity index (χ1) is 7.33. The lowest BCUT2D eigenvalue weighted by atomic mass is 10.3. The van der Waals surface area contributed by atoms with Crippen molar-refractivity contribution >= 4 is 23.1 Å². The number of rotatable bonds is 2. The van der Waals surface area contributed by atoms with E-state index in [0.717, 1.165) is 25.1 Å². The molecule has 0 amide bonds. The molecule has 0 N–H and O–H groups in total. The summed E-state index contributed by atoms with van der Waals surface area (Å²) < 4.78 is 0. The van der Waals surface area contributed by atoms with Crippen LogP contribution >= 0.6 is 11.6 Å². The van der Waals surface area contributed by atoms with E-state index in [0.29, 0.717) is 10.9 Å². The highest BCUT2D eigenvalue weighted by atomic mass is 35.5. The Bertz CT molecular complexity index is 405. The van der Waals surface area contributed by atoms with Crippen LogP contribution in [0.3, 0.4) is 0 Å². The second-order valence-electron chi connectivity index (χ2n) is 3.30. The molecule has 1 aliphatic heterocycles. The van der Waals surface area contributed by atoms with Crippen molar-refractivity contribution in [2.75, 3.05) is 11.4 Å². The fourth-order valence-electron chi connectivity index (χ4n) is 1.74. The highest BCUT2D eigenvalue weighted by Crippen LogP contribution is 2.29. The highest BCUT2D eigenvalue weighted by molar-refractivity contribution is 6.33. The summed E-state index contributed by atoms with van der Waals surface area (Å²) in [5.74, 6) is 0.693. The van der Waals surface area contributed by atoms with Crippen LogP contribution in [0.2, 0.25) is 5.02 Å². The van der Waals surface area contributed by atoms with Gasteiger partial charge in [-0.3, -0.25) is 0 Å².